The second-order valence-electron chi connectivity index (χ2n) is 8.51. The van der Waals surface area contributed by atoms with Crippen molar-refractivity contribution in [3.63, 3.8) is 0 Å². The summed E-state index contributed by atoms with van der Waals surface area (Å²) in [7, 11) is -12.5. The third kappa shape index (κ3) is 5.84. The van der Waals surface area contributed by atoms with Gasteiger partial charge in [0.25, 0.3) is 10.1 Å². The first-order valence-corrected chi connectivity index (χ1v) is 12.6. The normalized spacial score (nSPS) is 24.4. The first-order valence-electron chi connectivity index (χ1n) is 8.41. The van der Waals surface area contributed by atoms with E-state index in [-0.39, 0.29) is 6.54 Å². The zero-order valence-corrected chi connectivity index (χ0v) is 19.9. The first-order chi connectivity index (χ1) is 12.2. The summed E-state index contributed by atoms with van der Waals surface area (Å²) in [5.41, 5.74) is -2.19. The van der Waals surface area contributed by atoms with Crippen LogP contribution in [-0.2, 0) is 43.3 Å². The van der Waals surface area contributed by atoms with Crippen molar-refractivity contribution in [1.82, 2.24) is 8.61 Å². The van der Waals surface area contributed by atoms with Gasteiger partial charge in [0.05, 0.1) is 24.9 Å². The molecule has 1 saturated heterocycles. The highest BCUT2D eigenvalue weighted by atomic mass is 32.2. The molecule has 0 spiro atoms. The molecular formula is C14H30N2O9S3. The number of hydrogen-bond acceptors (Lipinski definition) is 9. The Hall–Kier alpha value is -0.350. The molecule has 0 saturated carbocycles. The lowest BCUT2D eigenvalue weighted by molar-refractivity contribution is 0.0785. The molecule has 1 rings (SSSR count). The minimum Gasteiger partial charge on any atom is -0.272 e. The zero-order valence-electron chi connectivity index (χ0n) is 17.4. The average Bonchev–Trinajstić information content (AvgIpc) is 2.41. The molecule has 0 bridgehead atoms. The van der Waals surface area contributed by atoms with Gasteiger partial charge in [0.1, 0.15) is 0 Å². The molecule has 0 aromatic heterocycles. The number of hydrogen-bond donors (Lipinski definition) is 0. The van der Waals surface area contributed by atoms with E-state index < -0.39 is 59.9 Å². The molecule has 0 aromatic rings. The van der Waals surface area contributed by atoms with Gasteiger partial charge in [0.15, 0.2) is 4.87 Å². The third-order valence-electron chi connectivity index (χ3n) is 3.60. The van der Waals surface area contributed by atoms with Gasteiger partial charge < -0.3 is 0 Å². The quantitative estimate of drug-likeness (QED) is 0.510. The summed E-state index contributed by atoms with van der Waals surface area (Å²) >= 11 is 0. The Labute approximate surface area is 168 Å². The molecule has 168 valence electrons. The molecule has 11 nitrogen and oxygen atoms in total. The molecule has 1 aliphatic heterocycles. The van der Waals surface area contributed by atoms with Crippen molar-refractivity contribution in [2.45, 2.75) is 64.5 Å². The van der Waals surface area contributed by atoms with Gasteiger partial charge in [-0.3, -0.25) is 12.5 Å². The molecule has 0 aromatic carbocycles. The topological polar surface area (TPSA) is 137 Å². The summed E-state index contributed by atoms with van der Waals surface area (Å²) in [6.45, 7) is 8.58. The van der Waals surface area contributed by atoms with E-state index in [4.69, 9.17) is 8.37 Å². The lowest BCUT2D eigenvalue weighted by Crippen LogP contribution is -2.67. The van der Waals surface area contributed by atoms with Crippen molar-refractivity contribution in [3.05, 3.63) is 0 Å². The fourth-order valence-corrected chi connectivity index (χ4v) is 7.23. The van der Waals surface area contributed by atoms with Crippen LogP contribution in [-0.4, -0.2) is 76.7 Å². The highest BCUT2D eigenvalue weighted by molar-refractivity contribution is 7.90. The number of nitrogens with zero attached hydrogens (tertiary/aromatic N) is 2. The van der Waals surface area contributed by atoms with E-state index >= 15 is 0 Å². The predicted molar refractivity (Wildman–Crippen MR) is 102 cm³/mol. The van der Waals surface area contributed by atoms with Gasteiger partial charge in [-0.2, -0.15) is 33.9 Å². The summed E-state index contributed by atoms with van der Waals surface area (Å²) in [4.78, 5) is -2.27. The zero-order chi connectivity index (χ0) is 22.4. The van der Waals surface area contributed by atoms with Crippen molar-refractivity contribution in [2.75, 3.05) is 26.7 Å². The molecule has 14 heteroatoms. The van der Waals surface area contributed by atoms with Crippen LogP contribution in [0.1, 0.15) is 48.5 Å². The number of rotatable bonds is 6. The Morgan fingerprint density at radius 2 is 1.21 bits per heavy atom. The molecule has 1 aliphatic rings. The fraction of sp³-hybridized carbons (Fsp3) is 1.00. The van der Waals surface area contributed by atoms with Crippen molar-refractivity contribution in [3.8, 4) is 0 Å². The molecule has 1 atom stereocenters. The number of piperazine rings is 1. The summed E-state index contributed by atoms with van der Waals surface area (Å²) < 4.78 is 91.9. The highest BCUT2D eigenvalue weighted by Gasteiger charge is 2.57. The van der Waals surface area contributed by atoms with E-state index in [9.17, 15) is 25.3 Å². The lowest BCUT2D eigenvalue weighted by atomic mass is 10.2. The average molecular weight is 467 g/mol. The van der Waals surface area contributed by atoms with Crippen LogP contribution >= 0.6 is 0 Å². The largest absolute Gasteiger partial charge is 0.340 e. The Balaban J connectivity index is 3.44. The van der Waals surface area contributed by atoms with Crippen LogP contribution in [0.5, 0.6) is 0 Å². The standard InChI is InChI=1S/C14H30N2O9S3/c1-12(2,3)24-27(19,20)15-9-10-16(28(21,22)25-13(4,5)6)14(7,11-15)26(17,18)23-8/h9-11H2,1-8H3. The summed E-state index contributed by atoms with van der Waals surface area (Å²) in [5, 5.41) is 0. The second-order valence-corrected chi connectivity index (χ2v) is 13.6. The Bertz CT molecular complexity index is 883. The van der Waals surface area contributed by atoms with Gasteiger partial charge in [-0.15, -0.1) is 0 Å². The predicted octanol–water partition coefficient (Wildman–Crippen LogP) is 0.416. The van der Waals surface area contributed by atoms with Crippen LogP contribution in [0.4, 0.5) is 0 Å². The van der Waals surface area contributed by atoms with Crippen molar-refractivity contribution in [2.24, 2.45) is 0 Å². The van der Waals surface area contributed by atoms with Crippen molar-refractivity contribution < 1.29 is 37.8 Å². The van der Waals surface area contributed by atoms with E-state index in [2.05, 4.69) is 4.18 Å². The van der Waals surface area contributed by atoms with E-state index in [1.807, 2.05) is 0 Å². The van der Waals surface area contributed by atoms with Crippen LogP contribution in [0.15, 0.2) is 0 Å². The molecule has 0 amide bonds. The van der Waals surface area contributed by atoms with Crippen molar-refractivity contribution >= 4 is 30.7 Å². The second kappa shape index (κ2) is 7.72. The minimum absolute atomic E-state index is 0.319. The van der Waals surface area contributed by atoms with E-state index in [0.717, 1.165) is 18.3 Å². The van der Waals surface area contributed by atoms with E-state index in [0.29, 0.717) is 4.31 Å². The van der Waals surface area contributed by atoms with Gasteiger partial charge in [-0.25, -0.2) is 0 Å². The van der Waals surface area contributed by atoms with Crippen LogP contribution in [0, 0.1) is 0 Å². The molecule has 1 heterocycles. The molecular weight excluding hydrogens is 436 g/mol. The molecule has 0 N–H and O–H groups in total. The maximum atomic E-state index is 12.7. The van der Waals surface area contributed by atoms with Gasteiger partial charge in [0, 0.05) is 13.1 Å². The Morgan fingerprint density at radius 3 is 1.61 bits per heavy atom. The highest BCUT2D eigenvalue weighted by Crippen LogP contribution is 2.34. The SMILES string of the molecule is COS(=O)(=O)C1(C)CN(S(=O)(=O)OC(C)(C)C)CCN1S(=O)(=O)OC(C)(C)C. The van der Waals surface area contributed by atoms with Crippen LogP contribution in [0.2, 0.25) is 0 Å². The van der Waals surface area contributed by atoms with Gasteiger partial charge in [-0.1, -0.05) is 0 Å². The summed E-state index contributed by atoms with van der Waals surface area (Å²) in [6, 6.07) is 0. The van der Waals surface area contributed by atoms with Crippen LogP contribution < -0.4 is 0 Å². The summed E-state index contributed by atoms with van der Waals surface area (Å²) in [5.74, 6) is 0. The van der Waals surface area contributed by atoms with Gasteiger partial charge in [0.2, 0.25) is 0 Å². The molecule has 28 heavy (non-hydrogen) atoms. The van der Waals surface area contributed by atoms with Crippen LogP contribution in [0.25, 0.3) is 0 Å². The minimum atomic E-state index is -4.54. The molecule has 1 fully saturated rings. The van der Waals surface area contributed by atoms with Gasteiger partial charge >= 0.3 is 20.6 Å². The summed E-state index contributed by atoms with van der Waals surface area (Å²) in [6.07, 6.45) is 0. The maximum Gasteiger partial charge on any atom is 0.340 e. The van der Waals surface area contributed by atoms with Crippen molar-refractivity contribution in [1.29, 1.82) is 0 Å². The van der Waals surface area contributed by atoms with E-state index in [1.54, 1.807) is 0 Å². The first kappa shape index (κ1) is 25.7. The maximum absolute atomic E-state index is 12.7. The molecule has 0 radical (unpaired) electrons. The Morgan fingerprint density at radius 1 is 0.786 bits per heavy atom. The lowest BCUT2D eigenvalue weighted by Gasteiger charge is -2.45. The van der Waals surface area contributed by atoms with Gasteiger partial charge in [-0.05, 0) is 48.5 Å². The monoisotopic (exact) mass is 466 g/mol. The third-order valence-corrected chi connectivity index (χ3v) is 9.08. The molecule has 0 aliphatic carbocycles. The van der Waals surface area contributed by atoms with E-state index in [1.165, 1.54) is 41.5 Å². The Kier molecular flexibility index (Phi) is 7.08. The molecule has 1 unspecified atom stereocenters. The fourth-order valence-electron chi connectivity index (χ4n) is 2.58. The smallest absolute Gasteiger partial charge is 0.272 e. The van der Waals surface area contributed by atoms with Crippen LogP contribution in [0.3, 0.4) is 0 Å².